The molecule has 0 aliphatic carbocycles. The maximum atomic E-state index is 12.1. The molecule has 0 radical (unpaired) electrons. The van der Waals surface area contributed by atoms with Gasteiger partial charge in [-0.3, -0.25) is 14.6 Å². The average Bonchev–Trinajstić information content (AvgIpc) is 2.54. The van der Waals surface area contributed by atoms with Crippen molar-refractivity contribution in [2.24, 2.45) is 0 Å². The van der Waals surface area contributed by atoms with Gasteiger partial charge in [-0.25, -0.2) is 4.98 Å². The lowest BCUT2D eigenvalue weighted by Crippen LogP contribution is -2.24. The van der Waals surface area contributed by atoms with Crippen molar-refractivity contribution in [1.82, 2.24) is 20.3 Å². The van der Waals surface area contributed by atoms with E-state index in [-0.39, 0.29) is 29.1 Å². The highest BCUT2D eigenvalue weighted by Gasteiger charge is 2.16. The van der Waals surface area contributed by atoms with Crippen LogP contribution in [-0.2, 0) is 6.54 Å². The molecule has 0 atom stereocenters. The maximum Gasteiger partial charge on any atom is 0.274 e. The quantitative estimate of drug-likeness (QED) is 0.667. The van der Waals surface area contributed by atoms with E-state index in [1.165, 1.54) is 18.3 Å². The van der Waals surface area contributed by atoms with E-state index < -0.39 is 5.91 Å². The van der Waals surface area contributed by atoms with Gasteiger partial charge >= 0.3 is 0 Å². The minimum Gasteiger partial charge on any atom is -0.504 e. The molecule has 3 N–H and O–H groups in total. The van der Waals surface area contributed by atoms with E-state index in [1.54, 1.807) is 24.5 Å². The van der Waals surface area contributed by atoms with Crippen LogP contribution in [0.1, 0.15) is 16.1 Å². The van der Waals surface area contributed by atoms with Crippen LogP contribution in [0.2, 0.25) is 0 Å². The van der Waals surface area contributed by atoms with E-state index in [9.17, 15) is 14.7 Å². The highest BCUT2D eigenvalue weighted by Crippen LogP contribution is 2.23. The van der Waals surface area contributed by atoms with Crippen LogP contribution in [0, 0.1) is 0 Å². The molecule has 0 aliphatic rings. The first kappa shape index (κ1) is 13.7. The Balaban J connectivity index is 1.88. The number of pyridine rings is 3. The minimum atomic E-state index is -0.527. The summed E-state index contributed by atoms with van der Waals surface area (Å²) in [6, 6.07) is 6.39. The molecule has 3 rings (SSSR count). The van der Waals surface area contributed by atoms with Crippen molar-refractivity contribution in [3.05, 3.63) is 64.5 Å². The Labute approximate surface area is 124 Å². The van der Waals surface area contributed by atoms with E-state index in [0.29, 0.717) is 5.39 Å². The van der Waals surface area contributed by atoms with Crippen molar-refractivity contribution in [3.8, 4) is 5.75 Å². The first-order chi connectivity index (χ1) is 10.6. The van der Waals surface area contributed by atoms with Crippen molar-refractivity contribution in [2.45, 2.75) is 6.54 Å². The molecular formula is C15H12N4O3. The van der Waals surface area contributed by atoms with E-state index in [2.05, 4.69) is 20.3 Å². The lowest BCUT2D eigenvalue weighted by atomic mass is 10.2. The number of carbonyl (C=O) groups excluding carboxylic acids is 1. The number of hydrogen-bond acceptors (Lipinski definition) is 5. The number of aromatic hydroxyl groups is 1. The fraction of sp³-hybridized carbons (Fsp3) is 0.0667. The Morgan fingerprint density at radius 1 is 1.23 bits per heavy atom. The first-order valence-electron chi connectivity index (χ1n) is 6.53. The number of carbonyl (C=O) groups is 1. The van der Waals surface area contributed by atoms with Crippen LogP contribution in [0.5, 0.6) is 5.75 Å². The number of fused-ring (bicyclic) bond motifs is 1. The highest BCUT2D eigenvalue weighted by molar-refractivity contribution is 6.00. The van der Waals surface area contributed by atoms with Crippen molar-refractivity contribution in [2.75, 3.05) is 0 Å². The van der Waals surface area contributed by atoms with Gasteiger partial charge < -0.3 is 15.4 Å². The predicted molar refractivity (Wildman–Crippen MR) is 79.4 cm³/mol. The molecule has 0 saturated heterocycles. The normalized spacial score (nSPS) is 10.5. The monoisotopic (exact) mass is 296 g/mol. The molecule has 7 nitrogen and oxygen atoms in total. The van der Waals surface area contributed by atoms with Crippen LogP contribution in [-0.4, -0.2) is 26.0 Å². The summed E-state index contributed by atoms with van der Waals surface area (Å²) in [5, 5.41) is 13.3. The number of aromatic amines is 1. The summed E-state index contributed by atoms with van der Waals surface area (Å²) in [6.45, 7) is 0.284. The zero-order valence-corrected chi connectivity index (χ0v) is 11.4. The summed E-state index contributed by atoms with van der Waals surface area (Å²) in [6.07, 6.45) is 4.67. The summed E-state index contributed by atoms with van der Waals surface area (Å²) >= 11 is 0. The summed E-state index contributed by atoms with van der Waals surface area (Å²) in [7, 11) is 0. The molecule has 110 valence electrons. The van der Waals surface area contributed by atoms with Gasteiger partial charge in [-0.1, -0.05) is 0 Å². The third-order valence-corrected chi connectivity index (χ3v) is 3.16. The summed E-state index contributed by atoms with van der Waals surface area (Å²) < 4.78 is 0. The second kappa shape index (κ2) is 5.65. The first-order valence-corrected chi connectivity index (χ1v) is 6.53. The molecule has 7 heteroatoms. The molecule has 0 spiro atoms. The van der Waals surface area contributed by atoms with Crippen LogP contribution < -0.4 is 10.9 Å². The molecule has 3 aromatic rings. The fourth-order valence-corrected chi connectivity index (χ4v) is 2.04. The molecule has 0 fully saturated rings. The topological polar surface area (TPSA) is 108 Å². The number of hydrogen-bond donors (Lipinski definition) is 3. The van der Waals surface area contributed by atoms with Gasteiger partial charge in [0.15, 0.2) is 11.4 Å². The summed E-state index contributed by atoms with van der Waals surface area (Å²) in [5.41, 5.74) is 0.564. The molecule has 0 unspecified atom stereocenters. The third-order valence-electron chi connectivity index (χ3n) is 3.16. The predicted octanol–water partition coefficient (Wildman–Crippen LogP) is 0.954. The average molecular weight is 296 g/mol. The number of aromatic nitrogens is 3. The van der Waals surface area contributed by atoms with Crippen molar-refractivity contribution >= 4 is 16.8 Å². The fourth-order valence-electron chi connectivity index (χ4n) is 2.04. The Hall–Kier alpha value is -3.22. The van der Waals surface area contributed by atoms with E-state index in [4.69, 9.17) is 0 Å². The lowest BCUT2D eigenvalue weighted by Gasteiger charge is -2.08. The standard InChI is InChI=1S/C15H12N4O3/c20-11-2-1-10-8-17-13(14(21)12(10)19-11)15(22)18-7-9-3-5-16-6-4-9/h1-6,8,21H,7H2,(H,18,22)(H,19,20). The zero-order valence-electron chi connectivity index (χ0n) is 11.4. The number of amides is 1. The molecule has 3 heterocycles. The summed E-state index contributed by atoms with van der Waals surface area (Å²) in [5.74, 6) is -0.872. The Bertz CT molecular complexity index is 890. The maximum absolute atomic E-state index is 12.1. The smallest absolute Gasteiger partial charge is 0.274 e. The Kier molecular flexibility index (Phi) is 3.53. The second-order valence-electron chi connectivity index (χ2n) is 4.65. The Morgan fingerprint density at radius 2 is 2.00 bits per heavy atom. The van der Waals surface area contributed by atoms with Crippen LogP contribution in [0.3, 0.4) is 0 Å². The van der Waals surface area contributed by atoms with Gasteiger partial charge in [0.05, 0.1) is 5.52 Å². The minimum absolute atomic E-state index is 0.136. The van der Waals surface area contributed by atoms with Gasteiger partial charge in [0.1, 0.15) is 0 Å². The van der Waals surface area contributed by atoms with Gasteiger partial charge in [0, 0.05) is 36.6 Å². The van der Waals surface area contributed by atoms with Crippen molar-refractivity contribution in [3.63, 3.8) is 0 Å². The van der Waals surface area contributed by atoms with Gasteiger partial charge in [0.2, 0.25) is 5.56 Å². The van der Waals surface area contributed by atoms with Gasteiger partial charge in [0.25, 0.3) is 5.91 Å². The number of rotatable bonds is 3. The van der Waals surface area contributed by atoms with Gasteiger partial charge in [-0.05, 0) is 23.8 Å². The SMILES string of the molecule is O=C(NCc1ccncc1)c1ncc2ccc(=O)[nH]c2c1O. The molecule has 1 amide bonds. The zero-order chi connectivity index (χ0) is 15.5. The molecule has 0 aromatic carbocycles. The summed E-state index contributed by atoms with van der Waals surface area (Å²) in [4.78, 5) is 33.8. The van der Waals surface area contributed by atoms with E-state index in [0.717, 1.165) is 5.56 Å². The molecule has 0 saturated carbocycles. The number of nitrogens with zero attached hydrogens (tertiary/aromatic N) is 2. The molecule has 0 bridgehead atoms. The van der Waals surface area contributed by atoms with Crippen LogP contribution in [0.4, 0.5) is 0 Å². The number of nitrogens with one attached hydrogen (secondary N) is 2. The van der Waals surface area contributed by atoms with Crippen LogP contribution >= 0.6 is 0 Å². The largest absolute Gasteiger partial charge is 0.504 e. The van der Waals surface area contributed by atoms with Gasteiger partial charge in [-0.2, -0.15) is 0 Å². The Morgan fingerprint density at radius 3 is 2.77 bits per heavy atom. The lowest BCUT2D eigenvalue weighted by molar-refractivity contribution is 0.0943. The molecule has 22 heavy (non-hydrogen) atoms. The molecule has 0 aliphatic heterocycles. The van der Waals surface area contributed by atoms with E-state index >= 15 is 0 Å². The van der Waals surface area contributed by atoms with Gasteiger partial charge in [-0.15, -0.1) is 0 Å². The van der Waals surface area contributed by atoms with Crippen LogP contribution in [0.15, 0.2) is 47.7 Å². The third kappa shape index (κ3) is 2.64. The molecular weight excluding hydrogens is 284 g/mol. The second-order valence-corrected chi connectivity index (χ2v) is 4.65. The number of H-pyrrole nitrogens is 1. The van der Waals surface area contributed by atoms with Crippen LogP contribution in [0.25, 0.3) is 10.9 Å². The molecule has 3 aromatic heterocycles. The van der Waals surface area contributed by atoms with Crippen molar-refractivity contribution in [1.29, 1.82) is 0 Å². The van der Waals surface area contributed by atoms with E-state index in [1.807, 2.05) is 0 Å². The van der Waals surface area contributed by atoms with Crippen molar-refractivity contribution < 1.29 is 9.90 Å². The highest BCUT2D eigenvalue weighted by atomic mass is 16.3.